The number of nitrogens with one attached hydrogen (secondary N) is 1. The van der Waals surface area contributed by atoms with Crippen molar-refractivity contribution in [1.82, 2.24) is 10.3 Å². The van der Waals surface area contributed by atoms with Gasteiger partial charge >= 0.3 is 0 Å². The first-order valence-corrected chi connectivity index (χ1v) is 7.04. The maximum atomic E-state index is 6.29. The van der Waals surface area contributed by atoms with E-state index in [1.807, 2.05) is 30.3 Å². The number of pyridine rings is 1. The Hall–Kier alpha value is -1.09. The van der Waals surface area contributed by atoms with E-state index in [4.69, 9.17) is 23.2 Å². The zero-order valence-corrected chi connectivity index (χ0v) is 12.2. The molecule has 0 aliphatic heterocycles. The van der Waals surface area contributed by atoms with Crippen LogP contribution in [0.1, 0.15) is 24.1 Å². The summed E-state index contributed by atoms with van der Waals surface area (Å²) in [7, 11) is 0. The third kappa shape index (κ3) is 3.69. The lowest BCUT2D eigenvalue weighted by molar-refractivity contribution is 0.550. The average Bonchev–Trinajstić information content (AvgIpc) is 2.40. The minimum absolute atomic E-state index is 0.105. The number of likely N-dealkylation sites (N-methyl/N-ethyl adjacent to an activating group) is 1. The van der Waals surface area contributed by atoms with Gasteiger partial charge in [0.15, 0.2) is 0 Å². The molecule has 0 amide bonds. The Kier molecular flexibility index (Phi) is 5.20. The first-order valence-electron chi connectivity index (χ1n) is 6.28. The maximum absolute atomic E-state index is 6.29. The van der Waals surface area contributed by atoms with Crippen molar-refractivity contribution in [3.05, 3.63) is 63.9 Å². The highest BCUT2D eigenvalue weighted by Crippen LogP contribution is 2.32. The summed E-state index contributed by atoms with van der Waals surface area (Å²) in [5.74, 6) is 0. The molecule has 0 aliphatic rings. The van der Waals surface area contributed by atoms with Crippen molar-refractivity contribution in [1.29, 1.82) is 0 Å². The SMILES string of the molecule is CCNC(Cc1ccncc1)c1c(Cl)cccc1Cl. The summed E-state index contributed by atoms with van der Waals surface area (Å²) in [5, 5.41) is 4.84. The molecule has 4 heteroatoms. The van der Waals surface area contributed by atoms with E-state index in [9.17, 15) is 0 Å². The van der Waals surface area contributed by atoms with E-state index in [0.29, 0.717) is 10.0 Å². The highest BCUT2D eigenvalue weighted by atomic mass is 35.5. The quantitative estimate of drug-likeness (QED) is 0.890. The van der Waals surface area contributed by atoms with Gasteiger partial charge in [-0.05, 0) is 42.8 Å². The zero-order valence-electron chi connectivity index (χ0n) is 10.7. The Morgan fingerprint density at radius 1 is 1.11 bits per heavy atom. The van der Waals surface area contributed by atoms with Crippen molar-refractivity contribution >= 4 is 23.2 Å². The van der Waals surface area contributed by atoms with Crippen molar-refractivity contribution < 1.29 is 0 Å². The predicted octanol–water partition coefficient (Wildman–Crippen LogP) is 4.28. The Morgan fingerprint density at radius 3 is 2.32 bits per heavy atom. The van der Waals surface area contributed by atoms with E-state index < -0.39 is 0 Å². The molecule has 0 aliphatic carbocycles. The molecule has 0 fully saturated rings. The van der Waals surface area contributed by atoms with Crippen molar-refractivity contribution in [2.75, 3.05) is 6.54 Å². The highest BCUT2D eigenvalue weighted by molar-refractivity contribution is 6.36. The summed E-state index contributed by atoms with van der Waals surface area (Å²) in [6.45, 7) is 2.93. The smallest absolute Gasteiger partial charge is 0.0468 e. The summed E-state index contributed by atoms with van der Waals surface area (Å²) in [6.07, 6.45) is 4.43. The minimum Gasteiger partial charge on any atom is -0.310 e. The molecule has 0 bridgehead atoms. The molecule has 19 heavy (non-hydrogen) atoms. The summed E-state index contributed by atoms with van der Waals surface area (Å²) >= 11 is 12.6. The van der Waals surface area contributed by atoms with Crippen molar-refractivity contribution in [2.24, 2.45) is 0 Å². The second-order valence-corrected chi connectivity index (χ2v) is 5.12. The number of benzene rings is 1. The second kappa shape index (κ2) is 6.90. The monoisotopic (exact) mass is 294 g/mol. The fraction of sp³-hybridized carbons (Fsp3) is 0.267. The van der Waals surface area contributed by atoms with Crippen LogP contribution in [0.25, 0.3) is 0 Å². The second-order valence-electron chi connectivity index (χ2n) is 4.31. The van der Waals surface area contributed by atoms with Gasteiger partial charge in [-0.1, -0.05) is 36.2 Å². The molecule has 1 unspecified atom stereocenters. The van der Waals surface area contributed by atoms with Crippen LogP contribution >= 0.6 is 23.2 Å². The number of halogens is 2. The third-order valence-corrected chi connectivity index (χ3v) is 3.65. The Bertz CT molecular complexity index is 509. The maximum Gasteiger partial charge on any atom is 0.0468 e. The molecule has 1 aromatic carbocycles. The van der Waals surface area contributed by atoms with Crippen LogP contribution in [0, 0.1) is 0 Å². The van der Waals surface area contributed by atoms with E-state index >= 15 is 0 Å². The lowest BCUT2D eigenvalue weighted by atomic mass is 9.99. The minimum atomic E-state index is 0.105. The molecular formula is C15H16Cl2N2. The molecule has 100 valence electrons. The molecular weight excluding hydrogens is 279 g/mol. The van der Waals surface area contributed by atoms with Gasteiger partial charge in [0.05, 0.1) is 0 Å². The van der Waals surface area contributed by atoms with Crippen molar-refractivity contribution in [2.45, 2.75) is 19.4 Å². The number of hydrogen-bond donors (Lipinski definition) is 1. The van der Waals surface area contributed by atoms with Gasteiger partial charge in [0.2, 0.25) is 0 Å². The molecule has 1 atom stereocenters. The largest absolute Gasteiger partial charge is 0.310 e. The van der Waals surface area contributed by atoms with Gasteiger partial charge in [-0.25, -0.2) is 0 Å². The first-order chi connectivity index (χ1) is 9.22. The molecule has 2 nitrogen and oxygen atoms in total. The van der Waals surface area contributed by atoms with Gasteiger partial charge in [-0.15, -0.1) is 0 Å². The average molecular weight is 295 g/mol. The summed E-state index contributed by atoms with van der Waals surface area (Å²) < 4.78 is 0. The highest BCUT2D eigenvalue weighted by Gasteiger charge is 2.17. The summed E-state index contributed by atoms with van der Waals surface area (Å²) in [5.41, 5.74) is 2.17. The molecule has 0 saturated carbocycles. The van der Waals surface area contributed by atoms with Crippen LogP contribution in [0.3, 0.4) is 0 Å². The van der Waals surface area contributed by atoms with E-state index in [1.165, 1.54) is 5.56 Å². The van der Waals surface area contributed by atoms with Crippen LogP contribution in [0.5, 0.6) is 0 Å². The van der Waals surface area contributed by atoms with Gasteiger partial charge in [0, 0.05) is 34.0 Å². The molecule has 1 heterocycles. The number of nitrogens with zero attached hydrogens (tertiary/aromatic N) is 1. The van der Waals surface area contributed by atoms with Gasteiger partial charge < -0.3 is 5.32 Å². The van der Waals surface area contributed by atoms with Gasteiger partial charge in [-0.2, -0.15) is 0 Å². The van der Waals surface area contributed by atoms with Crippen molar-refractivity contribution in [3.63, 3.8) is 0 Å². The molecule has 0 radical (unpaired) electrons. The van der Waals surface area contributed by atoms with E-state index in [2.05, 4.69) is 17.2 Å². The van der Waals surface area contributed by atoms with Gasteiger partial charge in [0.1, 0.15) is 0 Å². The fourth-order valence-corrected chi connectivity index (χ4v) is 2.78. The Morgan fingerprint density at radius 2 is 1.74 bits per heavy atom. The molecule has 1 aromatic heterocycles. The molecule has 2 rings (SSSR count). The molecule has 0 saturated heterocycles. The van der Waals surface area contributed by atoms with Gasteiger partial charge in [-0.3, -0.25) is 4.98 Å². The predicted molar refractivity (Wildman–Crippen MR) is 80.8 cm³/mol. The van der Waals surface area contributed by atoms with E-state index in [1.54, 1.807) is 12.4 Å². The Balaban J connectivity index is 2.30. The molecule has 1 N–H and O–H groups in total. The third-order valence-electron chi connectivity index (χ3n) is 2.99. The van der Waals surface area contributed by atoms with Crippen molar-refractivity contribution in [3.8, 4) is 0 Å². The number of aromatic nitrogens is 1. The zero-order chi connectivity index (χ0) is 13.7. The van der Waals surface area contributed by atoms with Crippen LogP contribution < -0.4 is 5.32 Å². The van der Waals surface area contributed by atoms with Crippen LogP contribution in [0.4, 0.5) is 0 Å². The topological polar surface area (TPSA) is 24.9 Å². The van der Waals surface area contributed by atoms with E-state index in [-0.39, 0.29) is 6.04 Å². The lowest BCUT2D eigenvalue weighted by Crippen LogP contribution is -2.23. The van der Waals surface area contributed by atoms with E-state index in [0.717, 1.165) is 18.5 Å². The van der Waals surface area contributed by atoms with Gasteiger partial charge in [0.25, 0.3) is 0 Å². The first kappa shape index (κ1) is 14.3. The summed E-state index contributed by atoms with van der Waals surface area (Å²) in [6, 6.07) is 9.74. The van der Waals surface area contributed by atoms with Crippen LogP contribution in [-0.2, 0) is 6.42 Å². The normalized spacial score (nSPS) is 12.4. The van der Waals surface area contributed by atoms with Crippen LogP contribution in [-0.4, -0.2) is 11.5 Å². The van der Waals surface area contributed by atoms with Crippen LogP contribution in [0.2, 0.25) is 10.0 Å². The Labute approximate surface area is 123 Å². The fourth-order valence-electron chi connectivity index (χ4n) is 2.12. The number of rotatable bonds is 5. The summed E-state index contributed by atoms with van der Waals surface area (Å²) in [4.78, 5) is 4.03. The lowest BCUT2D eigenvalue weighted by Gasteiger charge is -2.21. The number of hydrogen-bond acceptors (Lipinski definition) is 2. The molecule has 2 aromatic rings. The standard InChI is InChI=1S/C15H16Cl2N2/c1-2-19-14(10-11-6-8-18-9-7-11)15-12(16)4-3-5-13(15)17/h3-9,14,19H,2,10H2,1H3. The molecule has 0 spiro atoms. The van der Waals surface area contributed by atoms with Crippen LogP contribution in [0.15, 0.2) is 42.7 Å².